The molecule has 0 aliphatic heterocycles. The fraction of sp³-hybridized carbons (Fsp3) is 0.156. The number of hydrogen-bond donors (Lipinski definition) is 1. The number of anilines is 1. The minimum Gasteiger partial charge on any atom is -0.494 e. The standard InChI is InChI=1S/C32H30FN3O4S/c1-39-30-18-17-26(21-28(30)33)31-29(23-40-22-25-13-7-3-8-14-25)36(20-19-24-11-5-2-6-12-24)34-32(31)35-41(37,38)27-15-9-4-10-16-27/h2-18,21H,19-20,22-23H2,1H3,(H,34,35). The van der Waals surface area contributed by atoms with Gasteiger partial charge in [-0.25, -0.2) is 12.8 Å². The third-order valence-corrected chi connectivity index (χ3v) is 7.94. The van der Waals surface area contributed by atoms with Gasteiger partial charge in [0.25, 0.3) is 10.0 Å². The number of rotatable bonds is 12. The molecule has 1 heterocycles. The molecule has 0 radical (unpaired) electrons. The molecule has 0 aliphatic carbocycles. The van der Waals surface area contributed by atoms with E-state index in [4.69, 9.17) is 14.6 Å². The van der Waals surface area contributed by atoms with Gasteiger partial charge in [0.05, 0.1) is 36.5 Å². The van der Waals surface area contributed by atoms with Gasteiger partial charge in [-0.2, -0.15) is 5.10 Å². The summed E-state index contributed by atoms with van der Waals surface area (Å²) in [5.41, 5.74) is 3.59. The zero-order chi connectivity index (χ0) is 28.7. The van der Waals surface area contributed by atoms with Crippen molar-refractivity contribution in [1.29, 1.82) is 0 Å². The average molecular weight is 572 g/mol. The summed E-state index contributed by atoms with van der Waals surface area (Å²) in [7, 11) is -2.60. The van der Waals surface area contributed by atoms with Crippen molar-refractivity contribution in [3.8, 4) is 16.9 Å². The van der Waals surface area contributed by atoms with Gasteiger partial charge in [0.2, 0.25) is 0 Å². The van der Waals surface area contributed by atoms with E-state index in [-0.39, 0.29) is 23.1 Å². The lowest BCUT2D eigenvalue weighted by Gasteiger charge is -2.12. The van der Waals surface area contributed by atoms with E-state index in [0.717, 1.165) is 11.1 Å². The van der Waals surface area contributed by atoms with Crippen molar-refractivity contribution < 1.29 is 22.3 Å². The molecule has 7 nitrogen and oxygen atoms in total. The Morgan fingerprint density at radius 1 is 0.829 bits per heavy atom. The van der Waals surface area contributed by atoms with Crippen LogP contribution >= 0.6 is 0 Å². The summed E-state index contributed by atoms with van der Waals surface area (Å²) in [4.78, 5) is 0.0903. The van der Waals surface area contributed by atoms with Gasteiger partial charge < -0.3 is 9.47 Å². The highest BCUT2D eigenvalue weighted by molar-refractivity contribution is 7.92. The molecule has 4 aromatic carbocycles. The van der Waals surface area contributed by atoms with Crippen molar-refractivity contribution in [1.82, 2.24) is 9.78 Å². The summed E-state index contributed by atoms with van der Waals surface area (Å²) >= 11 is 0. The first-order valence-corrected chi connectivity index (χ1v) is 14.6. The van der Waals surface area contributed by atoms with E-state index in [1.807, 2.05) is 60.7 Å². The highest BCUT2D eigenvalue weighted by Gasteiger charge is 2.25. The Bertz CT molecular complexity index is 1690. The maximum atomic E-state index is 14.9. The zero-order valence-electron chi connectivity index (χ0n) is 22.5. The summed E-state index contributed by atoms with van der Waals surface area (Å²) in [6.07, 6.45) is 0.648. The number of benzene rings is 4. The van der Waals surface area contributed by atoms with Crippen molar-refractivity contribution in [3.05, 3.63) is 132 Å². The number of methoxy groups -OCH3 is 1. The van der Waals surface area contributed by atoms with E-state index in [1.54, 1.807) is 28.9 Å². The molecule has 41 heavy (non-hydrogen) atoms. The molecule has 0 unspecified atom stereocenters. The highest BCUT2D eigenvalue weighted by Crippen LogP contribution is 2.36. The monoisotopic (exact) mass is 571 g/mol. The van der Waals surface area contributed by atoms with Crippen LogP contribution in [0.3, 0.4) is 0 Å². The third-order valence-electron chi connectivity index (χ3n) is 6.59. The summed E-state index contributed by atoms with van der Waals surface area (Å²) in [5, 5.41) is 4.70. The minimum atomic E-state index is -3.99. The number of hydrogen-bond acceptors (Lipinski definition) is 5. The second-order valence-electron chi connectivity index (χ2n) is 9.38. The SMILES string of the molecule is COc1ccc(-c2c(NS(=O)(=O)c3ccccc3)nn(CCc3ccccc3)c2COCc2ccccc2)cc1F. The first-order chi connectivity index (χ1) is 19.9. The van der Waals surface area contributed by atoms with Crippen molar-refractivity contribution in [2.45, 2.75) is 31.1 Å². The van der Waals surface area contributed by atoms with Crippen LogP contribution in [0.2, 0.25) is 0 Å². The van der Waals surface area contributed by atoms with Crippen LogP contribution in [-0.4, -0.2) is 25.3 Å². The van der Waals surface area contributed by atoms with Crippen molar-refractivity contribution in [3.63, 3.8) is 0 Å². The first kappa shape index (κ1) is 28.1. The maximum Gasteiger partial charge on any atom is 0.263 e. The third kappa shape index (κ3) is 6.82. The summed E-state index contributed by atoms with van der Waals surface area (Å²) < 4.78 is 57.3. The lowest BCUT2D eigenvalue weighted by molar-refractivity contribution is 0.101. The molecule has 0 bridgehead atoms. The largest absolute Gasteiger partial charge is 0.494 e. The van der Waals surface area contributed by atoms with Gasteiger partial charge in [0, 0.05) is 6.54 Å². The summed E-state index contributed by atoms with van der Waals surface area (Å²) in [6, 6.07) is 32.2. The molecule has 210 valence electrons. The van der Waals surface area contributed by atoms with E-state index < -0.39 is 15.8 Å². The Kier molecular flexibility index (Phi) is 8.76. The molecule has 0 aliphatic rings. The van der Waals surface area contributed by atoms with Crippen molar-refractivity contribution in [2.24, 2.45) is 0 Å². The number of halogens is 1. The molecule has 0 saturated heterocycles. The van der Waals surface area contributed by atoms with E-state index in [1.165, 1.54) is 31.4 Å². The van der Waals surface area contributed by atoms with Crippen molar-refractivity contribution in [2.75, 3.05) is 11.8 Å². The van der Waals surface area contributed by atoms with Gasteiger partial charge in [-0.1, -0.05) is 84.9 Å². The first-order valence-electron chi connectivity index (χ1n) is 13.1. The molecule has 9 heteroatoms. The molecular weight excluding hydrogens is 541 g/mol. The molecule has 1 N–H and O–H groups in total. The van der Waals surface area contributed by atoms with Gasteiger partial charge in [-0.05, 0) is 47.4 Å². The topological polar surface area (TPSA) is 82.5 Å². The smallest absolute Gasteiger partial charge is 0.263 e. The predicted molar refractivity (Wildman–Crippen MR) is 157 cm³/mol. The number of sulfonamides is 1. The van der Waals surface area contributed by atoms with Crippen LogP contribution in [0.15, 0.2) is 114 Å². The molecule has 0 amide bonds. The zero-order valence-corrected chi connectivity index (χ0v) is 23.4. The molecule has 0 atom stereocenters. The van der Waals surface area contributed by atoms with Gasteiger partial charge in [0.1, 0.15) is 0 Å². The van der Waals surface area contributed by atoms with Crippen LogP contribution in [0.1, 0.15) is 16.8 Å². The molecular formula is C32H30FN3O4S. The number of aryl methyl sites for hydroxylation is 2. The Morgan fingerprint density at radius 2 is 1.46 bits per heavy atom. The van der Waals surface area contributed by atoms with Crippen LogP contribution in [0.5, 0.6) is 5.75 Å². The predicted octanol–water partition coefficient (Wildman–Crippen LogP) is 6.46. The van der Waals surface area contributed by atoms with E-state index in [0.29, 0.717) is 36.4 Å². The normalized spacial score (nSPS) is 11.4. The molecule has 1 aromatic heterocycles. The summed E-state index contributed by atoms with van der Waals surface area (Å²) in [6.45, 7) is 0.908. The Morgan fingerprint density at radius 3 is 2.10 bits per heavy atom. The van der Waals surface area contributed by atoms with Crippen molar-refractivity contribution >= 4 is 15.8 Å². The molecule has 0 spiro atoms. The van der Waals surface area contributed by atoms with E-state index >= 15 is 0 Å². The van der Waals surface area contributed by atoms with Gasteiger partial charge in [-0.3, -0.25) is 9.40 Å². The van der Waals surface area contributed by atoms with Gasteiger partial charge >= 0.3 is 0 Å². The van der Waals surface area contributed by atoms with E-state index in [9.17, 15) is 12.8 Å². The summed E-state index contributed by atoms with van der Waals surface area (Å²) in [5.74, 6) is -0.404. The van der Waals surface area contributed by atoms with Crippen LogP contribution < -0.4 is 9.46 Å². The quantitative estimate of drug-likeness (QED) is 0.186. The van der Waals surface area contributed by atoms with Crippen LogP contribution in [0, 0.1) is 5.82 Å². The molecule has 5 rings (SSSR count). The van der Waals surface area contributed by atoms with Gasteiger partial charge in [-0.15, -0.1) is 0 Å². The molecule has 0 saturated carbocycles. The molecule has 5 aromatic rings. The number of aromatic nitrogens is 2. The number of ether oxygens (including phenoxy) is 2. The Balaban J connectivity index is 1.58. The van der Waals surface area contributed by atoms with Crippen LogP contribution in [0.25, 0.3) is 11.1 Å². The maximum absolute atomic E-state index is 14.9. The Labute approximate surface area is 239 Å². The Hall–Kier alpha value is -4.47. The second-order valence-corrected chi connectivity index (χ2v) is 11.1. The fourth-order valence-electron chi connectivity index (χ4n) is 4.53. The van der Waals surface area contributed by atoms with Gasteiger partial charge in [0.15, 0.2) is 17.4 Å². The van der Waals surface area contributed by atoms with E-state index in [2.05, 4.69) is 4.72 Å². The number of nitrogens with one attached hydrogen (secondary N) is 1. The molecule has 0 fully saturated rings. The fourth-order valence-corrected chi connectivity index (χ4v) is 5.56. The number of nitrogens with zero attached hydrogens (tertiary/aromatic N) is 2. The lowest BCUT2D eigenvalue weighted by Crippen LogP contribution is -2.14. The van der Waals surface area contributed by atoms with Crippen LogP contribution in [-0.2, 0) is 40.9 Å². The second kappa shape index (κ2) is 12.8. The van der Waals surface area contributed by atoms with Crippen LogP contribution in [0.4, 0.5) is 10.2 Å². The minimum absolute atomic E-state index is 0.0820. The highest BCUT2D eigenvalue weighted by atomic mass is 32.2. The average Bonchev–Trinajstić information content (AvgIpc) is 3.33. The lowest BCUT2D eigenvalue weighted by atomic mass is 10.0.